The second kappa shape index (κ2) is 7.27. The molecule has 3 saturated heterocycles. The van der Waals surface area contributed by atoms with Crippen LogP contribution < -0.4 is 5.32 Å². The number of pyridine rings is 1. The van der Waals surface area contributed by atoms with Crippen LogP contribution in [-0.2, 0) is 0 Å². The van der Waals surface area contributed by atoms with Crippen LogP contribution in [0.15, 0.2) is 39.7 Å². The van der Waals surface area contributed by atoms with Crippen LogP contribution in [0.1, 0.15) is 29.4 Å². The molecule has 3 aliphatic heterocycles. The highest BCUT2D eigenvalue weighted by Crippen LogP contribution is 2.35. The zero-order valence-corrected chi connectivity index (χ0v) is 16.3. The van der Waals surface area contributed by atoms with Crippen molar-refractivity contribution in [2.45, 2.75) is 41.0 Å². The number of hydrogen-bond donors (Lipinski definition) is 1. The fourth-order valence-electron chi connectivity index (χ4n) is 3.83. The zero-order chi connectivity index (χ0) is 17.4. The number of halogens is 1. The normalized spacial score (nSPS) is 28.1. The molecule has 2 aromatic rings. The van der Waals surface area contributed by atoms with Gasteiger partial charge < -0.3 is 5.32 Å². The summed E-state index contributed by atoms with van der Waals surface area (Å²) in [6, 6.07) is 6.48. The number of rotatable bonds is 4. The minimum atomic E-state index is 0.0478. The topological polar surface area (TPSA) is 45.2 Å². The molecule has 7 heteroatoms. The highest BCUT2D eigenvalue weighted by Gasteiger charge is 2.40. The lowest BCUT2D eigenvalue weighted by atomic mass is 9.79. The largest absolute Gasteiger partial charge is 0.347 e. The average Bonchev–Trinajstić information content (AvgIpc) is 3.07. The Morgan fingerprint density at radius 3 is 2.88 bits per heavy atom. The highest BCUT2D eigenvalue weighted by atomic mass is 35.5. The van der Waals surface area contributed by atoms with Crippen LogP contribution in [0, 0.1) is 5.92 Å². The summed E-state index contributed by atoms with van der Waals surface area (Å²) in [6.45, 7) is 4.58. The van der Waals surface area contributed by atoms with Crippen LogP contribution in [-0.4, -0.2) is 41.0 Å². The van der Waals surface area contributed by atoms with Gasteiger partial charge in [-0.25, -0.2) is 0 Å². The standard InChI is InChI=1S/C18H20ClN3OS2/c1-11-17(12-4-6-22(11)7-5-12)21-18(23)15-2-3-16(25-15)24-14-8-13(19)9-20-10-14/h2-3,8-12,17H,4-7H2,1H3,(H,21,23)/t11-,17-/m0/s1. The van der Waals surface area contributed by atoms with Gasteiger partial charge in [0, 0.05) is 29.4 Å². The lowest BCUT2D eigenvalue weighted by Gasteiger charge is -2.49. The van der Waals surface area contributed by atoms with E-state index in [1.54, 1.807) is 24.2 Å². The van der Waals surface area contributed by atoms with Gasteiger partial charge in [0.15, 0.2) is 0 Å². The molecule has 3 aliphatic rings. The molecule has 25 heavy (non-hydrogen) atoms. The van der Waals surface area contributed by atoms with E-state index in [0.717, 1.165) is 14.0 Å². The summed E-state index contributed by atoms with van der Waals surface area (Å²) in [5.41, 5.74) is 0. The minimum Gasteiger partial charge on any atom is -0.347 e. The molecule has 0 unspecified atom stereocenters. The summed E-state index contributed by atoms with van der Waals surface area (Å²) in [5.74, 6) is 0.668. The molecule has 0 spiro atoms. The molecular weight excluding hydrogens is 374 g/mol. The first-order chi connectivity index (χ1) is 12.1. The maximum Gasteiger partial charge on any atom is 0.261 e. The van der Waals surface area contributed by atoms with E-state index in [-0.39, 0.29) is 11.9 Å². The Labute approximate surface area is 161 Å². The van der Waals surface area contributed by atoms with Crippen LogP contribution in [0.4, 0.5) is 0 Å². The van der Waals surface area contributed by atoms with Crippen molar-refractivity contribution in [3.63, 3.8) is 0 Å². The second-order valence-electron chi connectivity index (χ2n) is 6.67. The zero-order valence-electron chi connectivity index (χ0n) is 13.9. The van der Waals surface area contributed by atoms with E-state index >= 15 is 0 Å². The first-order valence-electron chi connectivity index (χ1n) is 8.53. The van der Waals surface area contributed by atoms with Gasteiger partial charge in [0.25, 0.3) is 5.91 Å². The Morgan fingerprint density at radius 2 is 2.16 bits per heavy atom. The summed E-state index contributed by atoms with van der Waals surface area (Å²) in [6.07, 6.45) is 5.80. The number of thiophene rings is 1. The molecule has 0 saturated carbocycles. The summed E-state index contributed by atoms with van der Waals surface area (Å²) in [5, 5.41) is 3.91. The third-order valence-corrected chi connectivity index (χ3v) is 7.56. The molecule has 4 nitrogen and oxygen atoms in total. The number of aromatic nitrogens is 1. The number of fused-ring (bicyclic) bond motifs is 3. The summed E-state index contributed by atoms with van der Waals surface area (Å²) in [4.78, 5) is 21.0. The van der Waals surface area contributed by atoms with Crippen LogP contribution in [0.25, 0.3) is 0 Å². The Kier molecular flexibility index (Phi) is 5.04. The summed E-state index contributed by atoms with van der Waals surface area (Å²) >= 11 is 9.08. The number of nitrogens with one attached hydrogen (secondary N) is 1. The molecule has 5 rings (SSSR count). The molecule has 0 aliphatic carbocycles. The van der Waals surface area contributed by atoms with Crippen LogP contribution >= 0.6 is 34.7 Å². The van der Waals surface area contributed by atoms with E-state index in [4.69, 9.17) is 11.6 Å². The van der Waals surface area contributed by atoms with Crippen LogP contribution in [0.5, 0.6) is 0 Å². The van der Waals surface area contributed by atoms with Crippen molar-refractivity contribution in [3.05, 3.63) is 40.5 Å². The Hall–Kier alpha value is -1.08. The van der Waals surface area contributed by atoms with Gasteiger partial charge in [-0.1, -0.05) is 23.4 Å². The van der Waals surface area contributed by atoms with E-state index in [9.17, 15) is 4.79 Å². The number of piperidine rings is 3. The molecule has 2 atom stereocenters. The van der Waals surface area contributed by atoms with E-state index in [0.29, 0.717) is 17.0 Å². The van der Waals surface area contributed by atoms with Gasteiger partial charge >= 0.3 is 0 Å². The third kappa shape index (κ3) is 3.72. The fraction of sp³-hybridized carbons (Fsp3) is 0.444. The predicted molar refractivity (Wildman–Crippen MR) is 103 cm³/mol. The molecule has 2 aromatic heterocycles. The molecular formula is C18H20ClN3OS2. The number of nitrogens with zero attached hydrogens (tertiary/aromatic N) is 2. The first kappa shape index (κ1) is 17.3. The molecule has 0 aromatic carbocycles. The number of carbonyl (C=O) groups excluding carboxylic acids is 1. The second-order valence-corrected chi connectivity index (χ2v) is 9.57. The predicted octanol–water partition coefficient (Wildman–Crippen LogP) is 4.16. The molecule has 3 fully saturated rings. The Bertz CT molecular complexity index is 771. The first-order valence-corrected chi connectivity index (χ1v) is 10.5. The van der Waals surface area contributed by atoms with Crippen molar-refractivity contribution in [2.24, 2.45) is 5.92 Å². The fourth-order valence-corrected chi connectivity index (χ4v) is 6.10. The van der Waals surface area contributed by atoms with Gasteiger partial charge in [-0.05, 0) is 57.0 Å². The van der Waals surface area contributed by atoms with E-state index in [1.807, 2.05) is 18.2 Å². The molecule has 1 amide bonds. The molecule has 132 valence electrons. The molecule has 5 heterocycles. The van der Waals surface area contributed by atoms with Crippen molar-refractivity contribution in [3.8, 4) is 0 Å². The van der Waals surface area contributed by atoms with Crippen LogP contribution in [0.2, 0.25) is 5.02 Å². The summed E-state index contributed by atoms with van der Waals surface area (Å²) < 4.78 is 1.07. The maximum atomic E-state index is 12.7. The lowest BCUT2D eigenvalue weighted by molar-refractivity contribution is 0.0218. The van der Waals surface area contributed by atoms with E-state index in [2.05, 4.69) is 22.1 Å². The highest BCUT2D eigenvalue weighted by molar-refractivity contribution is 8.01. The summed E-state index contributed by atoms with van der Waals surface area (Å²) in [7, 11) is 0. The third-order valence-electron chi connectivity index (χ3n) is 5.18. The smallest absolute Gasteiger partial charge is 0.261 e. The molecule has 1 N–H and O–H groups in total. The lowest BCUT2D eigenvalue weighted by Crippen LogP contribution is -2.62. The van der Waals surface area contributed by atoms with Gasteiger partial charge in [-0.3, -0.25) is 14.7 Å². The number of carbonyl (C=O) groups is 1. The number of amides is 1. The van der Waals surface area contributed by atoms with Gasteiger partial charge in [0.05, 0.1) is 14.1 Å². The monoisotopic (exact) mass is 393 g/mol. The van der Waals surface area contributed by atoms with E-state index < -0.39 is 0 Å². The maximum absolute atomic E-state index is 12.7. The SMILES string of the molecule is C[C@H]1[C@H](NC(=O)c2ccc(Sc3cncc(Cl)c3)s2)C2CCN1CC2. The Morgan fingerprint density at radius 1 is 1.36 bits per heavy atom. The van der Waals surface area contributed by atoms with Gasteiger partial charge in [0.1, 0.15) is 0 Å². The van der Waals surface area contributed by atoms with E-state index in [1.165, 1.54) is 37.3 Å². The molecule has 0 radical (unpaired) electrons. The van der Waals surface area contributed by atoms with Crippen molar-refractivity contribution < 1.29 is 4.79 Å². The Balaban J connectivity index is 1.42. The molecule has 2 bridgehead atoms. The van der Waals surface area contributed by atoms with Gasteiger partial charge in [0.2, 0.25) is 0 Å². The number of hydrogen-bond acceptors (Lipinski definition) is 5. The van der Waals surface area contributed by atoms with Crippen molar-refractivity contribution in [2.75, 3.05) is 13.1 Å². The minimum absolute atomic E-state index is 0.0478. The van der Waals surface area contributed by atoms with Gasteiger partial charge in [-0.15, -0.1) is 11.3 Å². The average molecular weight is 394 g/mol. The van der Waals surface area contributed by atoms with Crippen molar-refractivity contribution in [1.29, 1.82) is 0 Å². The quantitative estimate of drug-likeness (QED) is 0.847. The van der Waals surface area contributed by atoms with Crippen LogP contribution in [0.3, 0.4) is 0 Å². The van der Waals surface area contributed by atoms with Crippen molar-refractivity contribution in [1.82, 2.24) is 15.2 Å². The van der Waals surface area contributed by atoms with Gasteiger partial charge in [-0.2, -0.15) is 0 Å². The van der Waals surface area contributed by atoms with Crippen molar-refractivity contribution >= 4 is 40.6 Å².